The number of carbonyl (C=O) groups is 5. The second-order valence-corrected chi connectivity index (χ2v) is 11.6. The second kappa shape index (κ2) is 13.0. The van der Waals surface area contributed by atoms with Gasteiger partial charge in [-0.15, -0.1) is 0 Å². The van der Waals surface area contributed by atoms with Gasteiger partial charge in [-0.1, -0.05) is 6.07 Å². The van der Waals surface area contributed by atoms with Gasteiger partial charge in [-0.2, -0.15) is 0 Å². The van der Waals surface area contributed by atoms with Crippen LogP contribution >= 0.6 is 0 Å². The highest BCUT2D eigenvalue weighted by atomic mass is 16.6. The fourth-order valence-electron chi connectivity index (χ4n) is 5.16. The highest BCUT2D eigenvalue weighted by Gasteiger charge is 2.40. The van der Waals surface area contributed by atoms with Crippen molar-refractivity contribution >= 4 is 35.4 Å². The van der Waals surface area contributed by atoms with Gasteiger partial charge in [0.25, 0.3) is 5.91 Å². The maximum atomic E-state index is 13.1. The van der Waals surface area contributed by atoms with E-state index >= 15 is 0 Å². The van der Waals surface area contributed by atoms with Gasteiger partial charge in [0.1, 0.15) is 18.2 Å². The average Bonchev–Trinajstić information content (AvgIpc) is 3.45. The van der Waals surface area contributed by atoms with E-state index in [4.69, 9.17) is 15.2 Å². The Morgan fingerprint density at radius 3 is 2.63 bits per heavy atom. The van der Waals surface area contributed by atoms with E-state index in [9.17, 15) is 24.0 Å². The number of amides is 5. The monoisotopic (exact) mass is 572 g/mol. The fourth-order valence-corrected chi connectivity index (χ4v) is 5.16. The highest BCUT2D eigenvalue weighted by Crippen LogP contribution is 2.32. The van der Waals surface area contributed by atoms with Crippen LogP contribution in [-0.2, 0) is 30.4 Å². The molecule has 2 saturated heterocycles. The van der Waals surface area contributed by atoms with Crippen LogP contribution in [0.25, 0.3) is 0 Å². The lowest BCUT2D eigenvalue weighted by Crippen LogP contribution is -2.52. The van der Waals surface area contributed by atoms with Crippen LogP contribution in [0.4, 0.5) is 10.5 Å². The van der Waals surface area contributed by atoms with Crippen molar-refractivity contribution in [3.05, 3.63) is 29.3 Å². The molecular weight excluding hydrogens is 532 g/mol. The first-order chi connectivity index (χ1) is 19.4. The maximum Gasteiger partial charge on any atom is 0.410 e. The first-order valence-electron chi connectivity index (χ1n) is 14.0. The Labute approximate surface area is 239 Å². The SMILES string of the molecule is CC(C)(C)OC(=O)N(CCOCCN1CCC(N)C1)CC(=O)Nc1cccc2c1CN(C1CCC(=O)NC1=O)C2=O. The summed E-state index contributed by atoms with van der Waals surface area (Å²) < 4.78 is 11.2. The third-order valence-electron chi connectivity index (χ3n) is 7.21. The Morgan fingerprint density at radius 2 is 1.95 bits per heavy atom. The summed E-state index contributed by atoms with van der Waals surface area (Å²) in [7, 11) is 0. The molecule has 1 aromatic carbocycles. The zero-order chi connectivity index (χ0) is 29.7. The molecule has 0 radical (unpaired) electrons. The van der Waals surface area contributed by atoms with E-state index in [2.05, 4.69) is 15.5 Å². The zero-order valence-corrected chi connectivity index (χ0v) is 23.9. The molecule has 3 heterocycles. The number of fused-ring (bicyclic) bond motifs is 1. The van der Waals surface area contributed by atoms with Gasteiger partial charge in [0.2, 0.25) is 17.7 Å². The van der Waals surface area contributed by atoms with Gasteiger partial charge in [0.15, 0.2) is 0 Å². The largest absolute Gasteiger partial charge is 0.444 e. The summed E-state index contributed by atoms with van der Waals surface area (Å²) >= 11 is 0. The molecule has 41 heavy (non-hydrogen) atoms. The number of anilines is 1. The number of imide groups is 1. The molecule has 5 amide bonds. The van der Waals surface area contributed by atoms with E-state index in [-0.39, 0.29) is 56.9 Å². The Hall–Kier alpha value is -3.55. The molecule has 13 nitrogen and oxygen atoms in total. The van der Waals surface area contributed by atoms with E-state index in [0.29, 0.717) is 23.4 Å². The van der Waals surface area contributed by atoms with Gasteiger partial charge in [-0.05, 0) is 52.3 Å². The van der Waals surface area contributed by atoms with Gasteiger partial charge in [-0.25, -0.2) is 4.79 Å². The number of likely N-dealkylation sites (tertiary alicyclic amines) is 1. The number of hydrogen-bond donors (Lipinski definition) is 3. The molecule has 0 aliphatic carbocycles. The van der Waals surface area contributed by atoms with Crippen molar-refractivity contribution < 1.29 is 33.4 Å². The van der Waals surface area contributed by atoms with Crippen molar-refractivity contribution in [2.75, 3.05) is 51.3 Å². The summed E-state index contributed by atoms with van der Waals surface area (Å²) in [5, 5.41) is 5.09. The van der Waals surface area contributed by atoms with Crippen molar-refractivity contribution in [1.29, 1.82) is 0 Å². The van der Waals surface area contributed by atoms with Crippen molar-refractivity contribution in [2.24, 2.45) is 5.73 Å². The summed E-state index contributed by atoms with van der Waals surface area (Å²) in [5.74, 6) is -1.68. The van der Waals surface area contributed by atoms with Crippen LogP contribution in [0.1, 0.15) is 56.0 Å². The van der Waals surface area contributed by atoms with E-state index in [0.717, 1.165) is 26.1 Å². The summed E-state index contributed by atoms with van der Waals surface area (Å²) in [6, 6.07) is 4.39. The lowest BCUT2D eigenvalue weighted by molar-refractivity contribution is -0.137. The molecule has 4 N–H and O–H groups in total. The van der Waals surface area contributed by atoms with Crippen LogP contribution < -0.4 is 16.4 Å². The first kappa shape index (κ1) is 30.4. The van der Waals surface area contributed by atoms with E-state index < -0.39 is 29.6 Å². The molecule has 2 unspecified atom stereocenters. The zero-order valence-electron chi connectivity index (χ0n) is 23.9. The summed E-state index contributed by atoms with van der Waals surface area (Å²) in [6.45, 7) is 8.46. The molecule has 3 aliphatic heterocycles. The van der Waals surface area contributed by atoms with Crippen LogP contribution in [-0.4, -0.2) is 108 Å². The number of nitrogens with two attached hydrogens (primary N) is 1. The lowest BCUT2D eigenvalue weighted by atomic mass is 10.0. The van der Waals surface area contributed by atoms with Crippen molar-refractivity contribution in [3.8, 4) is 0 Å². The van der Waals surface area contributed by atoms with Crippen LogP contribution in [0.15, 0.2) is 18.2 Å². The minimum absolute atomic E-state index is 0.114. The molecule has 1 aromatic rings. The number of rotatable bonds is 10. The predicted molar refractivity (Wildman–Crippen MR) is 149 cm³/mol. The van der Waals surface area contributed by atoms with Crippen molar-refractivity contribution in [1.82, 2.24) is 20.0 Å². The summed E-state index contributed by atoms with van der Waals surface area (Å²) in [6.07, 6.45) is 0.718. The average molecular weight is 573 g/mol. The molecule has 13 heteroatoms. The number of ether oxygens (including phenoxy) is 2. The maximum absolute atomic E-state index is 13.1. The number of hydrogen-bond acceptors (Lipinski definition) is 9. The highest BCUT2D eigenvalue weighted by molar-refractivity contribution is 6.07. The van der Waals surface area contributed by atoms with E-state index in [1.807, 2.05) is 0 Å². The normalized spacial score (nSPS) is 21.1. The number of nitrogens with zero attached hydrogens (tertiary/aromatic N) is 3. The Bertz CT molecular complexity index is 1180. The number of benzene rings is 1. The van der Waals surface area contributed by atoms with Crippen LogP contribution in [0.5, 0.6) is 0 Å². The number of piperidine rings is 1. The smallest absolute Gasteiger partial charge is 0.410 e. The quantitative estimate of drug-likeness (QED) is 0.270. The van der Waals surface area contributed by atoms with Crippen LogP contribution in [0.3, 0.4) is 0 Å². The predicted octanol–water partition coefficient (Wildman–Crippen LogP) is 0.673. The molecule has 224 valence electrons. The minimum Gasteiger partial charge on any atom is -0.444 e. The Balaban J connectivity index is 1.36. The standard InChI is InChI=1S/C28H40N6O7/c1-28(2,3)41-27(39)33(12-14-40-13-11-32-10-9-18(29)15-32)17-24(36)30-21-6-4-5-19-20(21)16-34(26(19)38)22-7-8-23(35)31-25(22)37/h4-6,18,22H,7-17,29H2,1-3H3,(H,30,36)(H,31,35,37). The molecule has 2 atom stereocenters. The topological polar surface area (TPSA) is 164 Å². The summed E-state index contributed by atoms with van der Waals surface area (Å²) in [5.41, 5.74) is 6.56. The van der Waals surface area contributed by atoms with Gasteiger partial charge >= 0.3 is 6.09 Å². The van der Waals surface area contributed by atoms with E-state index in [1.165, 1.54) is 9.80 Å². The third kappa shape index (κ3) is 8.02. The number of carbonyl (C=O) groups excluding carboxylic acids is 5. The lowest BCUT2D eigenvalue weighted by Gasteiger charge is -2.29. The molecule has 0 saturated carbocycles. The fraction of sp³-hybridized carbons (Fsp3) is 0.607. The molecule has 2 fully saturated rings. The van der Waals surface area contributed by atoms with Crippen LogP contribution in [0.2, 0.25) is 0 Å². The Morgan fingerprint density at radius 1 is 1.17 bits per heavy atom. The molecular formula is C28H40N6O7. The molecule has 0 spiro atoms. The van der Waals surface area contributed by atoms with Crippen LogP contribution in [0, 0.1) is 0 Å². The molecule has 4 rings (SSSR count). The number of nitrogens with one attached hydrogen (secondary N) is 2. The van der Waals surface area contributed by atoms with E-state index in [1.54, 1.807) is 39.0 Å². The second-order valence-electron chi connectivity index (χ2n) is 11.6. The first-order valence-corrected chi connectivity index (χ1v) is 14.0. The summed E-state index contributed by atoms with van der Waals surface area (Å²) in [4.78, 5) is 68.0. The molecule has 0 aromatic heterocycles. The van der Waals surface area contributed by atoms with Gasteiger partial charge in [0, 0.05) is 55.5 Å². The molecule has 3 aliphatic rings. The van der Waals surface area contributed by atoms with Gasteiger partial charge < -0.3 is 25.4 Å². The molecule has 0 bridgehead atoms. The van der Waals surface area contributed by atoms with Gasteiger partial charge in [-0.3, -0.25) is 34.3 Å². The van der Waals surface area contributed by atoms with Crippen molar-refractivity contribution in [2.45, 2.75) is 64.3 Å². The minimum atomic E-state index is -0.763. The van der Waals surface area contributed by atoms with Gasteiger partial charge in [0.05, 0.1) is 13.2 Å². The third-order valence-corrected chi connectivity index (χ3v) is 7.21. The van der Waals surface area contributed by atoms with Crippen molar-refractivity contribution in [3.63, 3.8) is 0 Å². The Kier molecular flexibility index (Phi) is 9.61.